The molecule has 0 aliphatic rings. The third kappa shape index (κ3) is 3.42. The second-order valence-electron chi connectivity index (χ2n) is 4.88. The first-order valence-electron chi connectivity index (χ1n) is 7.02. The average molecular weight is 288 g/mol. The molecule has 2 aromatic rings. The summed E-state index contributed by atoms with van der Waals surface area (Å²) in [6, 6.07) is 7.68. The van der Waals surface area contributed by atoms with Gasteiger partial charge in [-0.2, -0.15) is 5.10 Å². The molecule has 1 aromatic carbocycles. The predicted octanol–water partition coefficient (Wildman–Crippen LogP) is 3.04. The number of benzene rings is 1. The van der Waals surface area contributed by atoms with Crippen LogP contribution in [0, 0.1) is 13.8 Å². The SMILES string of the molecule is CCn1nc(C)c(-c2ccc(OCCC(=O)O)cc2)c1C. The molecule has 0 aliphatic heterocycles. The van der Waals surface area contributed by atoms with Gasteiger partial charge in [-0.05, 0) is 38.5 Å². The van der Waals surface area contributed by atoms with E-state index in [0.717, 1.165) is 29.1 Å². The average Bonchev–Trinajstić information content (AvgIpc) is 2.74. The summed E-state index contributed by atoms with van der Waals surface area (Å²) >= 11 is 0. The van der Waals surface area contributed by atoms with E-state index in [1.54, 1.807) is 0 Å². The van der Waals surface area contributed by atoms with Gasteiger partial charge in [-0.3, -0.25) is 9.48 Å². The van der Waals surface area contributed by atoms with Gasteiger partial charge in [0.2, 0.25) is 0 Å². The van der Waals surface area contributed by atoms with Gasteiger partial charge < -0.3 is 9.84 Å². The van der Waals surface area contributed by atoms with Crippen molar-refractivity contribution in [2.75, 3.05) is 6.61 Å². The van der Waals surface area contributed by atoms with E-state index in [-0.39, 0.29) is 13.0 Å². The lowest BCUT2D eigenvalue weighted by molar-refractivity contribution is -0.137. The number of hydrogen-bond acceptors (Lipinski definition) is 3. The zero-order valence-corrected chi connectivity index (χ0v) is 12.6. The first-order valence-corrected chi connectivity index (χ1v) is 7.02. The van der Waals surface area contributed by atoms with Gasteiger partial charge in [0.1, 0.15) is 5.75 Å². The molecule has 1 N–H and O–H groups in total. The van der Waals surface area contributed by atoms with Gasteiger partial charge >= 0.3 is 5.97 Å². The molecular weight excluding hydrogens is 268 g/mol. The maximum Gasteiger partial charge on any atom is 0.306 e. The van der Waals surface area contributed by atoms with Crippen LogP contribution in [0.15, 0.2) is 24.3 Å². The van der Waals surface area contributed by atoms with E-state index in [0.29, 0.717) is 5.75 Å². The molecule has 2 rings (SSSR count). The molecular formula is C16H20N2O3. The van der Waals surface area contributed by atoms with Gasteiger partial charge in [0.05, 0.1) is 18.7 Å². The lowest BCUT2D eigenvalue weighted by Crippen LogP contribution is -2.04. The second kappa shape index (κ2) is 6.43. The minimum absolute atomic E-state index is 0.00321. The molecule has 112 valence electrons. The van der Waals surface area contributed by atoms with Crippen molar-refractivity contribution < 1.29 is 14.6 Å². The number of aromatic nitrogens is 2. The molecule has 0 saturated carbocycles. The molecule has 0 radical (unpaired) electrons. The van der Waals surface area contributed by atoms with Crippen LogP contribution in [0.1, 0.15) is 24.7 Å². The van der Waals surface area contributed by atoms with Gasteiger partial charge in [-0.15, -0.1) is 0 Å². The van der Waals surface area contributed by atoms with Crippen molar-refractivity contribution in [2.45, 2.75) is 33.7 Å². The molecule has 0 amide bonds. The summed E-state index contributed by atoms with van der Waals surface area (Å²) in [6.45, 7) is 7.17. The monoisotopic (exact) mass is 288 g/mol. The van der Waals surface area contributed by atoms with E-state index in [1.807, 2.05) is 35.9 Å². The number of carboxylic acid groups (broad SMARTS) is 1. The summed E-state index contributed by atoms with van der Waals surface area (Å²) in [6.07, 6.45) is 0.00321. The highest BCUT2D eigenvalue weighted by Gasteiger charge is 2.12. The van der Waals surface area contributed by atoms with Gasteiger partial charge in [0.25, 0.3) is 0 Å². The summed E-state index contributed by atoms with van der Waals surface area (Å²) in [4.78, 5) is 10.4. The van der Waals surface area contributed by atoms with Crippen LogP contribution < -0.4 is 4.74 Å². The molecule has 5 heteroatoms. The van der Waals surface area contributed by atoms with Crippen LogP contribution in [0.25, 0.3) is 11.1 Å². The highest BCUT2D eigenvalue weighted by atomic mass is 16.5. The minimum Gasteiger partial charge on any atom is -0.493 e. The molecule has 21 heavy (non-hydrogen) atoms. The Hall–Kier alpha value is -2.30. The smallest absolute Gasteiger partial charge is 0.306 e. The van der Waals surface area contributed by atoms with E-state index in [1.165, 1.54) is 0 Å². The van der Waals surface area contributed by atoms with E-state index in [2.05, 4.69) is 18.9 Å². The largest absolute Gasteiger partial charge is 0.493 e. The Balaban J connectivity index is 2.15. The van der Waals surface area contributed by atoms with Crippen molar-refractivity contribution in [1.82, 2.24) is 9.78 Å². The van der Waals surface area contributed by atoms with Crippen molar-refractivity contribution >= 4 is 5.97 Å². The summed E-state index contributed by atoms with van der Waals surface area (Å²) < 4.78 is 7.38. The van der Waals surface area contributed by atoms with Gasteiger partial charge in [0, 0.05) is 17.8 Å². The van der Waals surface area contributed by atoms with Crippen LogP contribution in [0.3, 0.4) is 0 Å². The molecule has 1 aromatic heterocycles. The van der Waals surface area contributed by atoms with E-state index < -0.39 is 5.97 Å². The van der Waals surface area contributed by atoms with E-state index in [4.69, 9.17) is 9.84 Å². The number of aryl methyl sites for hydroxylation is 2. The van der Waals surface area contributed by atoms with Gasteiger partial charge in [-0.1, -0.05) is 12.1 Å². The third-order valence-electron chi connectivity index (χ3n) is 3.41. The summed E-state index contributed by atoms with van der Waals surface area (Å²) in [7, 11) is 0. The minimum atomic E-state index is -0.857. The first kappa shape index (κ1) is 15.1. The topological polar surface area (TPSA) is 64.4 Å². The van der Waals surface area contributed by atoms with Gasteiger partial charge in [0.15, 0.2) is 0 Å². The molecule has 5 nitrogen and oxygen atoms in total. The molecule has 0 unspecified atom stereocenters. The molecule has 0 aliphatic carbocycles. The standard InChI is InChI=1S/C16H20N2O3/c1-4-18-12(3)16(11(2)17-18)13-5-7-14(8-6-13)21-10-9-15(19)20/h5-8H,4,9-10H2,1-3H3,(H,19,20). The fourth-order valence-electron chi connectivity index (χ4n) is 2.40. The Labute approximate surface area is 124 Å². The van der Waals surface area contributed by atoms with E-state index >= 15 is 0 Å². The van der Waals surface area contributed by atoms with Crippen molar-refractivity contribution in [3.8, 4) is 16.9 Å². The highest BCUT2D eigenvalue weighted by Crippen LogP contribution is 2.28. The number of rotatable bonds is 6. The fourth-order valence-corrected chi connectivity index (χ4v) is 2.40. The number of carbonyl (C=O) groups is 1. The summed E-state index contributed by atoms with van der Waals surface area (Å²) in [5, 5.41) is 13.1. The Kier molecular flexibility index (Phi) is 4.62. The van der Waals surface area contributed by atoms with Crippen LogP contribution in [0.2, 0.25) is 0 Å². The highest BCUT2D eigenvalue weighted by molar-refractivity contribution is 5.69. The Morgan fingerprint density at radius 3 is 2.48 bits per heavy atom. The molecule has 0 spiro atoms. The van der Waals surface area contributed by atoms with Crippen molar-refractivity contribution in [2.24, 2.45) is 0 Å². The van der Waals surface area contributed by atoms with Crippen LogP contribution in [0.4, 0.5) is 0 Å². The summed E-state index contributed by atoms with van der Waals surface area (Å²) in [5.41, 5.74) is 4.40. The Morgan fingerprint density at radius 2 is 1.95 bits per heavy atom. The molecule has 0 saturated heterocycles. The van der Waals surface area contributed by atoms with Crippen molar-refractivity contribution in [1.29, 1.82) is 0 Å². The number of nitrogens with zero attached hydrogens (tertiary/aromatic N) is 2. The van der Waals surface area contributed by atoms with Crippen LogP contribution in [0.5, 0.6) is 5.75 Å². The molecule has 1 heterocycles. The van der Waals surface area contributed by atoms with Crippen molar-refractivity contribution in [3.63, 3.8) is 0 Å². The van der Waals surface area contributed by atoms with Crippen LogP contribution >= 0.6 is 0 Å². The zero-order valence-electron chi connectivity index (χ0n) is 12.6. The van der Waals surface area contributed by atoms with Crippen LogP contribution in [-0.2, 0) is 11.3 Å². The number of aliphatic carboxylic acids is 1. The molecule has 0 fully saturated rings. The Bertz CT molecular complexity index is 630. The quantitative estimate of drug-likeness (QED) is 0.887. The fraction of sp³-hybridized carbons (Fsp3) is 0.375. The lowest BCUT2D eigenvalue weighted by Gasteiger charge is -2.07. The maximum atomic E-state index is 10.4. The van der Waals surface area contributed by atoms with Crippen molar-refractivity contribution in [3.05, 3.63) is 35.7 Å². The zero-order chi connectivity index (χ0) is 15.4. The molecule has 0 atom stereocenters. The third-order valence-corrected chi connectivity index (χ3v) is 3.41. The number of hydrogen-bond donors (Lipinski definition) is 1. The lowest BCUT2D eigenvalue weighted by atomic mass is 10.0. The van der Waals surface area contributed by atoms with E-state index in [9.17, 15) is 4.79 Å². The first-order chi connectivity index (χ1) is 10.0. The predicted molar refractivity (Wildman–Crippen MR) is 80.6 cm³/mol. The second-order valence-corrected chi connectivity index (χ2v) is 4.88. The number of ether oxygens (including phenoxy) is 1. The number of carboxylic acids is 1. The van der Waals surface area contributed by atoms with Crippen LogP contribution in [-0.4, -0.2) is 27.5 Å². The summed E-state index contributed by atoms with van der Waals surface area (Å²) in [5.74, 6) is -0.178. The maximum absolute atomic E-state index is 10.4. The van der Waals surface area contributed by atoms with Gasteiger partial charge in [-0.25, -0.2) is 0 Å². The molecule has 0 bridgehead atoms. The normalized spacial score (nSPS) is 10.6. The Morgan fingerprint density at radius 1 is 1.29 bits per heavy atom.